The van der Waals surface area contributed by atoms with Crippen LogP contribution in [0.2, 0.25) is 0 Å². The molecule has 0 radical (unpaired) electrons. The van der Waals surface area contributed by atoms with E-state index in [1.54, 1.807) is 18.2 Å². The Morgan fingerprint density at radius 3 is 2.14 bits per heavy atom. The lowest BCUT2D eigenvalue weighted by atomic mass is 10.0. The summed E-state index contributed by atoms with van der Waals surface area (Å²) in [6.07, 6.45) is 2.00. The molecule has 0 atom stereocenters. The molecule has 0 aliphatic rings. The number of rotatable bonds is 14. The highest BCUT2D eigenvalue weighted by molar-refractivity contribution is 5.77. The van der Waals surface area contributed by atoms with Crippen LogP contribution in [-0.4, -0.2) is 36.3 Å². The van der Waals surface area contributed by atoms with Crippen LogP contribution >= 0.6 is 0 Å². The molecule has 0 saturated carbocycles. The molecule has 0 aliphatic heterocycles. The molecule has 0 aromatic heterocycles. The molecule has 7 heteroatoms. The normalized spacial score (nSPS) is 10.7. The molecule has 0 aliphatic carbocycles. The quantitative estimate of drug-likeness (QED) is 0.0784. The summed E-state index contributed by atoms with van der Waals surface area (Å²) < 4.78 is 5.89. The number of nitrogens with zero attached hydrogens (tertiary/aromatic N) is 1. The number of para-hydroxylation sites is 2. The van der Waals surface area contributed by atoms with Gasteiger partial charge in [-0.2, -0.15) is 0 Å². The number of carbonyl (C=O) groups excluding carboxylic acids is 1. The predicted octanol–water partition coefficient (Wildman–Crippen LogP) is 7.77. The number of carbonyl (C=O) groups is 1. The second kappa shape index (κ2) is 14.6. The number of hydrogen-bond donors (Lipinski definition) is 4. The summed E-state index contributed by atoms with van der Waals surface area (Å²) in [5.41, 5.74) is 7.40. The van der Waals surface area contributed by atoms with E-state index in [0.717, 1.165) is 45.9 Å². The van der Waals surface area contributed by atoms with Crippen LogP contribution < -0.4 is 20.3 Å². The van der Waals surface area contributed by atoms with Crippen molar-refractivity contribution in [3.63, 3.8) is 0 Å². The van der Waals surface area contributed by atoms with Crippen LogP contribution in [0.3, 0.4) is 0 Å². The number of amides is 1. The fraction of sp³-hybridized carbons (Fsp3) is 0.162. The van der Waals surface area contributed by atoms with E-state index in [9.17, 15) is 15.0 Å². The van der Waals surface area contributed by atoms with Gasteiger partial charge >= 0.3 is 0 Å². The van der Waals surface area contributed by atoms with Crippen LogP contribution in [0.1, 0.15) is 18.1 Å². The number of nitrogens with one attached hydrogen (secondary N) is 2. The number of ether oxygens (including phenoxy) is 1. The number of phenols is 2. The van der Waals surface area contributed by atoms with Crippen molar-refractivity contribution in [2.24, 2.45) is 0 Å². The van der Waals surface area contributed by atoms with E-state index in [0.29, 0.717) is 38.2 Å². The van der Waals surface area contributed by atoms with Crippen LogP contribution in [0.5, 0.6) is 17.2 Å². The molecule has 0 heterocycles. The summed E-state index contributed by atoms with van der Waals surface area (Å²) in [6.45, 7) is 3.93. The summed E-state index contributed by atoms with van der Waals surface area (Å²) in [5.74, 6) is 1.11. The summed E-state index contributed by atoms with van der Waals surface area (Å²) in [7, 11) is 0. The third-order valence-electron chi connectivity index (χ3n) is 7.45. The zero-order valence-electron chi connectivity index (χ0n) is 24.7. The lowest BCUT2D eigenvalue weighted by Gasteiger charge is -2.26. The minimum Gasteiger partial charge on any atom is -0.506 e. The van der Waals surface area contributed by atoms with Gasteiger partial charge in [0.1, 0.15) is 17.2 Å². The monoisotopic (exact) mass is 587 g/mol. The molecule has 4 N–H and O–H groups in total. The number of aromatic hydroxyl groups is 2. The smallest absolute Gasteiger partial charge is 0.211 e. The highest BCUT2D eigenvalue weighted by Crippen LogP contribution is 2.34. The van der Waals surface area contributed by atoms with Crippen LogP contribution in [0.15, 0.2) is 115 Å². The standard InChI is InChI=1S/C37H37N3O4/c1-2-44-37-19-17-31(25-32(37)29-8-4-3-5-9-29)39-30-15-12-27(13-16-30)20-22-40(34-10-6-7-11-36(34)43)23-21-28-14-18-35(42)33(24-28)38-26-41/h3-19,24-26,39,42-43H,2,20-23H2,1H3,(H,38,41). The Morgan fingerprint density at radius 1 is 0.727 bits per heavy atom. The SMILES string of the molecule is CCOc1ccc(Nc2ccc(CCN(CCc3ccc(O)c(NC=O)c3)c3ccccc3O)cc2)cc1-c1ccccc1. The van der Waals surface area contributed by atoms with Crippen LogP contribution in [0, 0.1) is 0 Å². The molecule has 0 spiro atoms. The van der Waals surface area contributed by atoms with Crippen molar-refractivity contribution in [1.29, 1.82) is 0 Å². The maximum Gasteiger partial charge on any atom is 0.211 e. The average Bonchev–Trinajstić information content (AvgIpc) is 3.05. The van der Waals surface area contributed by atoms with Gasteiger partial charge in [0.2, 0.25) is 6.41 Å². The molecule has 7 nitrogen and oxygen atoms in total. The minimum absolute atomic E-state index is 0.0236. The van der Waals surface area contributed by atoms with Crippen molar-refractivity contribution in [3.8, 4) is 28.4 Å². The Labute approximate surface area is 258 Å². The van der Waals surface area contributed by atoms with Gasteiger partial charge in [0.05, 0.1) is 18.0 Å². The molecular weight excluding hydrogens is 550 g/mol. The summed E-state index contributed by atoms with van der Waals surface area (Å²) in [6, 6.07) is 37.3. The van der Waals surface area contributed by atoms with Gasteiger partial charge in [-0.3, -0.25) is 4.79 Å². The summed E-state index contributed by atoms with van der Waals surface area (Å²) in [5, 5.41) is 26.6. The third kappa shape index (κ3) is 7.69. The lowest BCUT2D eigenvalue weighted by molar-refractivity contribution is -0.105. The first-order valence-electron chi connectivity index (χ1n) is 14.8. The Kier molecular flexibility index (Phi) is 10.0. The molecule has 0 saturated heterocycles. The fourth-order valence-electron chi connectivity index (χ4n) is 5.18. The average molecular weight is 588 g/mol. The molecule has 5 aromatic rings. The number of phenolic OH excluding ortho intramolecular Hbond substituents is 2. The van der Waals surface area contributed by atoms with E-state index in [1.165, 1.54) is 5.56 Å². The molecule has 5 aromatic carbocycles. The van der Waals surface area contributed by atoms with Gasteiger partial charge in [0.25, 0.3) is 0 Å². The van der Waals surface area contributed by atoms with E-state index >= 15 is 0 Å². The molecule has 224 valence electrons. The van der Waals surface area contributed by atoms with Gasteiger partial charge in [-0.15, -0.1) is 0 Å². The zero-order valence-corrected chi connectivity index (χ0v) is 24.7. The van der Waals surface area contributed by atoms with Gasteiger partial charge in [-0.05, 0) is 91.1 Å². The van der Waals surface area contributed by atoms with Crippen molar-refractivity contribution in [2.45, 2.75) is 19.8 Å². The van der Waals surface area contributed by atoms with E-state index in [4.69, 9.17) is 4.74 Å². The third-order valence-corrected chi connectivity index (χ3v) is 7.45. The van der Waals surface area contributed by atoms with E-state index < -0.39 is 0 Å². The molecule has 5 rings (SSSR count). The Hall–Kier alpha value is -5.43. The van der Waals surface area contributed by atoms with Crippen molar-refractivity contribution < 1.29 is 19.7 Å². The number of hydrogen-bond acceptors (Lipinski definition) is 6. The van der Waals surface area contributed by atoms with Crippen molar-refractivity contribution in [2.75, 3.05) is 35.2 Å². The van der Waals surface area contributed by atoms with Gasteiger partial charge in [0, 0.05) is 30.0 Å². The van der Waals surface area contributed by atoms with E-state index in [2.05, 4.69) is 58.0 Å². The molecule has 0 unspecified atom stereocenters. The second-order valence-electron chi connectivity index (χ2n) is 10.4. The second-order valence-corrected chi connectivity index (χ2v) is 10.4. The van der Waals surface area contributed by atoms with Gasteiger partial charge in [0.15, 0.2) is 0 Å². The maximum atomic E-state index is 10.9. The molecular formula is C37H37N3O4. The largest absolute Gasteiger partial charge is 0.506 e. The zero-order chi connectivity index (χ0) is 30.7. The van der Waals surface area contributed by atoms with Crippen molar-refractivity contribution in [3.05, 3.63) is 126 Å². The molecule has 0 fully saturated rings. The first kappa shape index (κ1) is 30.0. The van der Waals surface area contributed by atoms with E-state index in [-0.39, 0.29) is 11.5 Å². The lowest BCUT2D eigenvalue weighted by Crippen LogP contribution is -2.28. The van der Waals surface area contributed by atoms with Crippen molar-refractivity contribution >= 4 is 29.2 Å². The first-order chi connectivity index (χ1) is 21.5. The van der Waals surface area contributed by atoms with Gasteiger partial charge < -0.3 is 30.5 Å². The Morgan fingerprint density at radius 2 is 1.41 bits per heavy atom. The molecule has 44 heavy (non-hydrogen) atoms. The molecule has 0 bridgehead atoms. The highest BCUT2D eigenvalue weighted by atomic mass is 16.5. The highest BCUT2D eigenvalue weighted by Gasteiger charge is 2.13. The predicted molar refractivity (Wildman–Crippen MR) is 178 cm³/mol. The topological polar surface area (TPSA) is 94.1 Å². The number of anilines is 4. The fourth-order valence-corrected chi connectivity index (χ4v) is 5.18. The van der Waals surface area contributed by atoms with E-state index in [1.807, 2.05) is 61.5 Å². The van der Waals surface area contributed by atoms with Crippen LogP contribution in [0.4, 0.5) is 22.7 Å². The maximum absolute atomic E-state index is 10.9. The van der Waals surface area contributed by atoms with Crippen LogP contribution in [-0.2, 0) is 17.6 Å². The summed E-state index contributed by atoms with van der Waals surface area (Å²) >= 11 is 0. The number of benzene rings is 5. The first-order valence-corrected chi connectivity index (χ1v) is 14.8. The van der Waals surface area contributed by atoms with Crippen molar-refractivity contribution in [1.82, 2.24) is 0 Å². The molecule has 1 amide bonds. The van der Waals surface area contributed by atoms with Gasteiger partial charge in [-0.1, -0.05) is 60.7 Å². The van der Waals surface area contributed by atoms with Crippen LogP contribution in [0.25, 0.3) is 11.1 Å². The van der Waals surface area contributed by atoms with Gasteiger partial charge in [-0.25, -0.2) is 0 Å². The Balaban J connectivity index is 1.26. The minimum atomic E-state index is 0.0236. The summed E-state index contributed by atoms with van der Waals surface area (Å²) in [4.78, 5) is 13.1. The Bertz CT molecular complexity index is 1670.